The predicted molar refractivity (Wildman–Crippen MR) is 113 cm³/mol. The Morgan fingerprint density at radius 2 is 1.77 bits per heavy atom. The Bertz CT molecular complexity index is 1070. The highest BCUT2D eigenvalue weighted by atomic mass is 16.5. The third-order valence-corrected chi connectivity index (χ3v) is 5.22. The number of likely N-dealkylation sites (tertiary alicyclic amines) is 1. The number of carbonyl (C=O) groups excluding carboxylic acids is 2. The van der Waals surface area contributed by atoms with Gasteiger partial charge in [0.2, 0.25) is 17.6 Å². The summed E-state index contributed by atoms with van der Waals surface area (Å²) in [7, 11) is 0. The average molecular weight is 404 g/mol. The first kappa shape index (κ1) is 19.8. The molecule has 0 aliphatic carbocycles. The highest BCUT2D eigenvalue weighted by Gasteiger charge is 2.34. The fraction of sp³-hybridized carbons (Fsp3) is 0.304. The lowest BCUT2D eigenvalue weighted by Gasteiger charge is -2.24. The number of anilines is 1. The zero-order valence-electron chi connectivity index (χ0n) is 17.3. The van der Waals surface area contributed by atoms with Crippen molar-refractivity contribution in [2.24, 2.45) is 0 Å². The van der Waals surface area contributed by atoms with Crippen LogP contribution in [-0.4, -0.2) is 39.4 Å². The van der Waals surface area contributed by atoms with Crippen molar-refractivity contribution in [1.29, 1.82) is 0 Å². The van der Waals surface area contributed by atoms with Crippen LogP contribution >= 0.6 is 0 Å². The number of hydrogen-bond acceptors (Lipinski definition) is 5. The summed E-state index contributed by atoms with van der Waals surface area (Å²) in [6.45, 7) is 6.28. The molecule has 3 aromatic rings. The third-order valence-electron chi connectivity index (χ3n) is 5.22. The molecule has 1 saturated heterocycles. The van der Waals surface area contributed by atoms with Crippen LogP contribution in [0.1, 0.15) is 40.2 Å². The van der Waals surface area contributed by atoms with E-state index < -0.39 is 6.04 Å². The number of rotatable bonds is 4. The Hall–Kier alpha value is -3.48. The summed E-state index contributed by atoms with van der Waals surface area (Å²) in [6, 6.07) is 12.5. The Balaban J connectivity index is 1.48. The summed E-state index contributed by atoms with van der Waals surface area (Å²) in [4.78, 5) is 31.8. The van der Waals surface area contributed by atoms with Crippen molar-refractivity contribution < 1.29 is 14.1 Å². The third kappa shape index (κ3) is 4.10. The van der Waals surface area contributed by atoms with Gasteiger partial charge < -0.3 is 14.7 Å². The van der Waals surface area contributed by atoms with Crippen molar-refractivity contribution in [2.45, 2.75) is 39.7 Å². The molecule has 7 nitrogen and oxygen atoms in total. The molecule has 1 aromatic heterocycles. The summed E-state index contributed by atoms with van der Waals surface area (Å²) in [5.41, 5.74) is 4.23. The van der Waals surface area contributed by atoms with Crippen LogP contribution in [0.4, 0.5) is 5.69 Å². The van der Waals surface area contributed by atoms with Crippen molar-refractivity contribution in [3.63, 3.8) is 0 Å². The largest absolute Gasteiger partial charge is 0.339 e. The van der Waals surface area contributed by atoms with Crippen molar-refractivity contribution >= 4 is 17.5 Å². The second kappa shape index (κ2) is 8.10. The maximum absolute atomic E-state index is 13.1. The first-order valence-corrected chi connectivity index (χ1v) is 10.0. The van der Waals surface area contributed by atoms with E-state index in [1.807, 2.05) is 26.0 Å². The Morgan fingerprint density at radius 1 is 1.07 bits per heavy atom. The molecule has 30 heavy (non-hydrogen) atoms. The number of benzene rings is 2. The van der Waals surface area contributed by atoms with Gasteiger partial charge in [0, 0.05) is 30.3 Å². The van der Waals surface area contributed by atoms with E-state index >= 15 is 0 Å². The predicted octanol–water partition coefficient (Wildman–Crippen LogP) is 3.91. The van der Waals surface area contributed by atoms with Crippen LogP contribution in [0, 0.1) is 20.8 Å². The number of aryl methyl sites for hydroxylation is 3. The summed E-state index contributed by atoms with van der Waals surface area (Å²) in [5, 5.41) is 6.87. The van der Waals surface area contributed by atoms with Gasteiger partial charge in [0.1, 0.15) is 6.04 Å². The molecule has 7 heteroatoms. The first-order valence-electron chi connectivity index (χ1n) is 10.0. The number of aromatic nitrogens is 2. The van der Waals surface area contributed by atoms with E-state index in [0.717, 1.165) is 28.8 Å². The Morgan fingerprint density at radius 3 is 2.40 bits per heavy atom. The maximum Gasteiger partial charge on any atom is 0.254 e. The molecule has 2 aromatic carbocycles. The van der Waals surface area contributed by atoms with Crippen LogP contribution < -0.4 is 5.32 Å². The van der Waals surface area contributed by atoms with Crippen LogP contribution in [0.2, 0.25) is 0 Å². The van der Waals surface area contributed by atoms with Crippen molar-refractivity contribution in [3.8, 4) is 11.4 Å². The Kier molecular flexibility index (Phi) is 5.35. The summed E-state index contributed by atoms with van der Waals surface area (Å²) in [6.07, 6.45) is 1.46. The van der Waals surface area contributed by atoms with Gasteiger partial charge in [-0.2, -0.15) is 4.98 Å². The van der Waals surface area contributed by atoms with E-state index in [4.69, 9.17) is 4.52 Å². The molecule has 0 bridgehead atoms. The number of carbonyl (C=O) groups is 2. The highest BCUT2D eigenvalue weighted by Crippen LogP contribution is 2.24. The molecule has 2 heterocycles. The minimum Gasteiger partial charge on any atom is -0.339 e. The number of hydrogen-bond donors (Lipinski definition) is 1. The molecule has 1 fully saturated rings. The average Bonchev–Trinajstić information content (AvgIpc) is 3.36. The molecule has 1 N–H and O–H groups in total. The normalized spacial score (nSPS) is 16.0. The lowest BCUT2D eigenvalue weighted by molar-refractivity contribution is -0.119. The minimum atomic E-state index is -0.474. The molecule has 154 valence electrons. The lowest BCUT2D eigenvalue weighted by atomic mass is 10.1. The van der Waals surface area contributed by atoms with Crippen LogP contribution in [0.25, 0.3) is 11.4 Å². The van der Waals surface area contributed by atoms with Gasteiger partial charge in [0.25, 0.3) is 5.91 Å². The monoisotopic (exact) mass is 404 g/mol. The molecular formula is C23H24N4O3. The second-order valence-electron chi connectivity index (χ2n) is 7.74. The van der Waals surface area contributed by atoms with E-state index in [9.17, 15) is 9.59 Å². The van der Waals surface area contributed by atoms with E-state index in [-0.39, 0.29) is 11.8 Å². The molecular weight excluding hydrogens is 380 g/mol. The second-order valence-corrected chi connectivity index (χ2v) is 7.74. The fourth-order valence-corrected chi connectivity index (χ4v) is 3.90. The fourth-order valence-electron chi connectivity index (χ4n) is 3.90. The Labute approximate surface area is 175 Å². The van der Waals surface area contributed by atoms with Gasteiger partial charge in [-0.3, -0.25) is 9.59 Å². The molecule has 1 aliphatic rings. The number of amides is 2. The van der Waals surface area contributed by atoms with Crippen LogP contribution in [0.3, 0.4) is 0 Å². The number of nitrogens with zero attached hydrogens (tertiary/aromatic N) is 3. The molecule has 1 aliphatic heterocycles. The number of nitrogens with one attached hydrogen (secondary N) is 1. The van der Waals surface area contributed by atoms with Gasteiger partial charge in [0.15, 0.2) is 0 Å². The van der Waals surface area contributed by atoms with E-state index in [1.54, 1.807) is 36.1 Å². The van der Waals surface area contributed by atoms with Crippen molar-refractivity contribution in [3.05, 3.63) is 65.0 Å². The molecule has 4 rings (SSSR count). The van der Waals surface area contributed by atoms with E-state index in [0.29, 0.717) is 30.2 Å². The van der Waals surface area contributed by atoms with Crippen LogP contribution in [0.5, 0.6) is 0 Å². The smallest absolute Gasteiger partial charge is 0.254 e. The van der Waals surface area contributed by atoms with Crippen molar-refractivity contribution in [2.75, 3.05) is 11.9 Å². The standard InChI is InChI=1S/C23H24N4O3/c1-14-11-15(2)13-19(12-14)25-22(28)20-5-4-10-27(20)23(29)18-8-6-17(7-9-18)21-24-16(3)30-26-21/h6-9,11-13,20H,4-5,10H2,1-3H3,(H,25,28)/t20-/m1/s1. The van der Waals surface area contributed by atoms with Gasteiger partial charge in [-0.25, -0.2) is 0 Å². The molecule has 0 saturated carbocycles. The maximum atomic E-state index is 13.1. The minimum absolute atomic E-state index is 0.148. The summed E-state index contributed by atoms with van der Waals surface area (Å²) in [5.74, 6) is 0.673. The molecule has 0 unspecified atom stereocenters. The quantitative estimate of drug-likeness (QED) is 0.712. The molecule has 2 amide bonds. The lowest BCUT2D eigenvalue weighted by Crippen LogP contribution is -2.43. The summed E-state index contributed by atoms with van der Waals surface area (Å²) < 4.78 is 5.00. The van der Waals surface area contributed by atoms with Gasteiger partial charge >= 0.3 is 0 Å². The highest BCUT2D eigenvalue weighted by molar-refractivity contribution is 6.01. The van der Waals surface area contributed by atoms with Crippen LogP contribution in [0.15, 0.2) is 47.0 Å². The van der Waals surface area contributed by atoms with Gasteiger partial charge in [-0.1, -0.05) is 23.4 Å². The van der Waals surface area contributed by atoms with E-state index in [2.05, 4.69) is 21.5 Å². The molecule has 0 radical (unpaired) electrons. The first-order chi connectivity index (χ1) is 14.4. The van der Waals surface area contributed by atoms with E-state index in [1.165, 1.54) is 0 Å². The van der Waals surface area contributed by atoms with Crippen LogP contribution in [-0.2, 0) is 4.79 Å². The summed E-state index contributed by atoms with van der Waals surface area (Å²) >= 11 is 0. The van der Waals surface area contributed by atoms with Gasteiger partial charge in [-0.05, 0) is 62.1 Å². The topological polar surface area (TPSA) is 88.3 Å². The molecule has 1 atom stereocenters. The zero-order chi connectivity index (χ0) is 21.3. The van der Waals surface area contributed by atoms with Crippen molar-refractivity contribution in [1.82, 2.24) is 15.0 Å². The zero-order valence-corrected chi connectivity index (χ0v) is 17.3. The van der Waals surface area contributed by atoms with Gasteiger partial charge in [0.05, 0.1) is 0 Å². The molecule has 0 spiro atoms. The SMILES string of the molecule is Cc1cc(C)cc(NC(=O)[C@H]2CCCN2C(=O)c2ccc(-c3noc(C)n3)cc2)c1. The van der Waals surface area contributed by atoms with Gasteiger partial charge in [-0.15, -0.1) is 0 Å².